The van der Waals surface area contributed by atoms with Crippen LogP contribution in [0.25, 0.3) is 0 Å². The summed E-state index contributed by atoms with van der Waals surface area (Å²) in [6.07, 6.45) is 1.59. The lowest BCUT2D eigenvalue weighted by Crippen LogP contribution is -2.55. The van der Waals surface area contributed by atoms with Crippen LogP contribution in [0.5, 0.6) is 0 Å². The lowest BCUT2D eigenvalue weighted by molar-refractivity contribution is -0.157. The molecular formula is C13H20N2O6. The van der Waals surface area contributed by atoms with Gasteiger partial charge in [-0.15, -0.1) is 0 Å². The lowest BCUT2D eigenvalue weighted by Gasteiger charge is -2.32. The van der Waals surface area contributed by atoms with Crippen molar-refractivity contribution in [2.24, 2.45) is 5.92 Å². The molecule has 0 saturated carbocycles. The average molecular weight is 300 g/mol. The molecule has 1 rings (SSSR count). The molecule has 1 aliphatic rings. The van der Waals surface area contributed by atoms with E-state index >= 15 is 0 Å². The molecule has 8 heteroatoms. The van der Waals surface area contributed by atoms with Crippen molar-refractivity contribution < 1.29 is 29.4 Å². The number of amides is 2. The van der Waals surface area contributed by atoms with Crippen LogP contribution in [-0.2, 0) is 19.2 Å². The Morgan fingerprint density at radius 2 is 1.76 bits per heavy atom. The number of rotatable bonds is 4. The summed E-state index contributed by atoms with van der Waals surface area (Å²) in [6.45, 7) is 3.39. The van der Waals surface area contributed by atoms with Gasteiger partial charge in [0, 0.05) is 6.54 Å². The topological polar surface area (TPSA) is 124 Å². The molecule has 1 heterocycles. The number of carbonyl (C=O) groups is 4. The van der Waals surface area contributed by atoms with Gasteiger partial charge in [-0.1, -0.05) is 13.8 Å². The minimum absolute atomic E-state index is 0.183. The van der Waals surface area contributed by atoms with E-state index in [9.17, 15) is 19.2 Å². The number of carbonyl (C=O) groups excluding carboxylic acids is 2. The molecule has 1 aliphatic heterocycles. The van der Waals surface area contributed by atoms with Crippen molar-refractivity contribution >= 4 is 23.8 Å². The van der Waals surface area contributed by atoms with Gasteiger partial charge < -0.3 is 20.4 Å². The van der Waals surface area contributed by atoms with Crippen molar-refractivity contribution in [3.05, 3.63) is 0 Å². The third kappa shape index (κ3) is 4.17. The monoisotopic (exact) mass is 300 g/mol. The first-order chi connectivity index (χ1) is 9.75. The van der Waals surface area contributed by atoms with Crippen LogP contribution in [0.2, 0.25) is 0 Å². The zero-order chi connectivity index (χ0) is 16.2. The minimum atomic E-state index is -1.24. The van der Waals surface area contributed by atoms with Gasteiger partial charge >= 0.3 is 23.8 Å². The second-order valence-corrected chi connectivity index (χ2v) is 5.38. The summed E-state index contributed by atoms with van der Waals surface area (Å²) in [5, 5.41) is 20.2. The van der Waals surface area contributed by atoms with Gasteiger partial charge in [-0.2, -0.15) is 0 Å². The highest BCUT2D eigenvalue weighted by atomic mass is 16.4. The molecule has 1 saturated heterocycles. The van der Waals surface area contributed by atoms with Crippen LogP contribution in [-0.4, -0.2) is 57.5 Å². The van der Waals surface area contributed by atoms with Crippen LogP contribution in [0.15, 0.2) is 0 Å². The zero-order valence-electron chi connectivity index (χ0n) is 12.0. The maximum atomic E-state index is 12.1. The first-order valence-electron chi connectivity index (χ1n) is 6.82. The molecule has 2 atom stereocenters. The highest BCUT2D eigenvalue weighted by Crippen LogP contribution is 2.17. The van der Waals surface area contributed by atoms with Crippen molar-refractivity contribution in [2.75, 3.05) is 6.54 Å². The fraction of sp³-hybridized carbons (Fsp3) is 0.692. The fourth-order valence-electron chi connectivity index (χ4n) is 2.28. The van der Waals surface area contributed by atoms with Crippen LogP contribution in [0.4, 0.5) is 0 Å². The Labute approximate surface area is 122 Å². The SMILES string of the molecule is CC(C)[C@H](NC(=O)C(=O)N1CCCC[C@H]1C(=O)O)C(=O)O. The quantitative estimate of drug-likeness (QED) is 0.611. The molecule has 0 radical (unpaired) electrons. The predicted octanol–water partition coefficient (Wildman–Crippen LogP) is -0.322. The molecule has 0 spiro atoms. The van der Waals surface area contributed by atoms with Crippen LogP contribution in [0.1, 0.15) is 33.1 Å². The molecule has 0 aliphatic carbocycles. The van der Waals surface area contributed by atoms with E-state index in [1.165, 1.54) is 0 Å². The number of nitrogens with one attached hydrogen (secondary N) is 1. The van der Waals surface area contributed by atoms with Gasteiger partial charge in [0.2, 0.25) is 0 Å². The van der Waals surface area contributed by atoms with Gasteiger partial charge in [0.25, 0.3) is 0 Å². The third-order valence-corrected chi connectivity index (χ3v) is 3.46. The number of hydrogen-bond donors (Lipinski definition) is 3. The lowest BCUT2D eigenvalue weighted by atomic mass is 10.0. The number of nitrogens with zero attached hydrogens (tertiary/aromatic N) is 1. The number of hydrogen-bond acceptors (Lipinski definition) is 4. The molecule has 0 unspecified atom stereocenters. The summed E-state index contributed by atoms with van der Waals surface area (Å²) in [4.78, 5) is 47.0. The van der Waals surface area contributed by atoms with Crippen LogP contribution < -0.4 is 5.32 Å². The van der Waals surface area contributed by atoms with Crippen LogP contribution in [0.3, 0.4) is 0 Å². The average Bonchev–Trinajstić information content (AvgIpc) is 2.42. The molecule has 8 nitrogen and oxygen atoms in total. The molecule has 21 heavy (non-hydrogen) atoms. The molecule has 2 amide bonds. The Morgan fingerprint density at radius 3 is 2.24 bits per heavy atom. The molecular weight excluding hydrogens is 280 g/mol. The second-order valence-electron chi connectivity index (χ2n) is 5.38. The van der Waals surface area contributed by atoms with Crippen LogP contribution >= 0.6 is 0 Å². The maximum Gasteiger partial charge on any atom is 0.326 e. The second kappa shape index (κ2) is 7.05. The number of carboxylic acid groups (broad SMARTS) is 2. The van der Waals surface area contributed by atoms with Gasteiger partial charge in [-0.3, -0.25) is 9.59 Å². The van der Waals surface area contributed by atoms with Gasteiger partial charge in [0.05, 0.1) is 0 Å². The number of likely N-dealkylation sites (tertiary alicyclic amines) is 1. The van der Waals surface area contributed by atoms with Gasteiger partial charge in [-0.25, -0.2) is 9.59 Å². The Bertz CT molecular complexity index is 448. The maximum absolute atomic E-state index is 12.1. The molecule has 0 aromatic rings. The van der Waals surface area contributed by atoms with E-state index in [-0.39, 0.29) is 6.54 Å². The Hall–Kier alpha value is -2.12. The van der Waals surface area contributed by atoms with E-state index in [0.717, 1.165) is 4.90 Å². The highest BCUT2D eigenvalue weighted by molar-refractivity contribution is 6.35. The molecule has 0 aromatic heterocycles. The van der Waals surface area contributed by atoms with E-state index in [4.69, 9.17) is 10.2 Å². The molecule has 0 bridgehead atoms. The largest absolute Gasteiger partial charge is 0.480 e. The van der Waals surface area contributed by atoms with E-state index in [1.54, 1.807) is 13.8 Å². The summed E-state index contributed by atoms with van der Waals surface area (Å²) in [6, 6.07) is -2.21. The smallest absolute Gasteiger partial charge is 0.326 e. The molecule has 3 N–H and O–H groups in total. The van der Waals surface area contributed by atoms with Gasteiger partial charge in [0.15, 0.2) is 0 Å². The van der Waals surface area contributed by atoms with E-state index in [0.29, 0.717) is 19.3 Å². The van der Waals surface area contributed by atoms with E-state index in [2.05, 4.69) is 5.32 Å². The molecule has 118 valence electrons. The standard InChI is InChI=1S/C13H20N2O6/c1-7(2)9(13(20)21)14-10(16)11(17)15-6-4-3-5-8(15)12(18)19/h7-9H,3-6H2,1-2H3,(H,14,16)(H,18,19)(H,20,21)/t8-,9-/m0/s1. The summed E-state index contributed by atoms with van der Waals surface area (Å²) < 4.78 is 0. The van der Waals surface area contributed by atoms with Crippen LogP contribution in [0, 0.1) is 5.92 Å². The van der Waals surface area contributed by atoms with Crippen molar-refractivity contribution in [2.45, 2.75) is 45.2 Å². The molecule has 0 aromatic carbocycles. The predicted molar refractivity (Wildman–Crippen MR) is 71.4 cm³/mol. The normalized spacial score (nSPS) is 20.0. The highest BCUT2D eigenvalue weighted by Gasteiger charge is 2.36. The van der Waals surface area contributed by atoms with Gasteiger partial charge in [-0.05, 0) is 25.2 Å². The minimum Gasteiger partial charge on any atom is -0.480 e. The Balaban J connectivity index is 2.78. The number of aliphatic carboxylic acids is 2. The molecule has 1 fully saturated rings. The van der Waals surface area contributed by atoms with E-state index < -0.39 is 41.8 Å². The van der Waals surface area contributed by atoms with Crippen molar-refractivity contribution in [1.29, 1.82) is 0 Å². The number of carboxylic acids is 2. The summed E-state index contributed by atoms with van der Waals surface area (Å²) in [7, 11) is 0. The van der Waals surface area contributed by atoms with Gasteiger partial charge in [0.1, 0.15) is 12.1 Å². The summed E-state index contributed by atoms with van der Waals surface area (Å²) in [5.74, 6) is -4.86. The first-order valence-corrected chi connectivity index (χ1v) is 6.82. The van der Waals surface area contributed by atoms with Crippen molar-refractivity contribution in [3.63, 3.8) is 0 Å². The first kappa shape index (κ1) is 16.9. The Kier molecular flexibility index (Phi) is 5.69. The summed E-state index contributed by atoms with van der Waals surface area (Å²) >= 11 is 0. The zero-order valence-corrected chi connectivity index (χ0v) is 12.0. The van der Waals surface area contributed by atoms with Crippen molar-refractivity contribution in [1.82, 2.24) is 10.2 Å². The third-order valence-electron chi connectivity index (χ3n) is 3.46. The van der Waals surface area contributed by atoms with Crippen molar-refractivity contribution in [3.8, 4) is 0 Å². The van der Waals surface area contributed by atoms with E-state index in [1.807, 2.05) is 0 Å². The Morgan fingerprint density at radius 1 is 1.14 bits per heavy atom. The summed E-state index contributed by atoms with van der Waals surface area (Å²) in [5.41, 5.74) is 0. The fourth-order valence-corrected chi connectivity index (χ4v) is 2.28. The number of piperidine rings is 1.